The van der Waals surface area contributed by atoms with Gasteiger partial charge in [0.2, 0.25) is 10.0 Å². The first-order chi connectivity index (χ1) is 9.77. The molecule has 8 nitrogen and oxygen atoms in total. The molecule has 21 heavy (non-hydrogen) atoms. The number of aromatic nitrogens is 2. The van der Waals surface area contributed by atoms with E-state index in [4.69, 9.17) is 5.73 Å². The minimum Gasteiger partial charge on any atom is -0.329 e. The maximum atomic E-state index is 12.6. The van der Waals surface area contributed by atoms with E-state index in [0.717, 1.165) is 21.8 Å². The molecule has 2 N–H and O–H groups in total. The van der Waals surface area contributed by atoms with E-state index < -0.39 is 26.2 Å². The Hall–Kier alpha value is -1.45. The molecule has 0 aliphatic heterocycles. The quantitative estimate of drug-likeness (QED) is 0.682. The highest BCUT2D eigenvalue weighted by Gasteiger charge is 2.28. The minimum absolute atomic E-state index is 0.133. The predicted octanol–water partition coefficient (Wildman–Crippen LogP) is -1.17. The molecule has 0 aliphatic rings. The number of hydrogen-bond acceptors (Lipinski definition) is 5. The van der Waals surface area contributed by atoms with E-state index in [1.54, 1.807) is 0 Å². The molecule has 120 valence electrons. The van der Waals surface area contributed by atoms with Gasteiger partial charge < -0.3 is 10.3 Å². The van der Waals surface area contributed by atoms with Crippen molar-refractivity contribution in [1.29, 1.82) is 0 Å². The fourth-order valence-corrected chi connectivity index (χ4v) is 3.56. The Bertz CT molecular complexity index is 705. The molecule has 0 aromatic carbocycles. The lowest BCUT2D eigenvalue weighted by Gasteiger charge is -2.21. The van der Waals surface area contributed by atoms with Gasteiger partial charge in [0.25, 0.3) is 5.56 Å². The minimum atomic E-state index is -3.97. The number of rotatable bonds is 7. The van der Waals surface area contributed by atoms with E-state index in [2.05, 4.69) is 0 Å². The molecule has 9 heteroatoms. The normalized spacial score (nSPS) is 12.0. The average Bonchev–Trinajstić information content (AvgIpc) is 2.44. The van der Waals surface area contributed by atoms with E-state index >= 15 is 0 Å². The second kappa shape index (κ2) is 7.01. The lowest BCUT2D eigenvalue weighted by molar-refractivity contribution is 0.408. The summed E-state index contributed by atoms with van der Waals surface area (Å²) in [7, 11) is -1.31. The van der Waals surface area contributed by atoms with Gasteiger partial charge in [0.15, 0.2) is 4.90 Å². The van der Waals surface area contributed by atoms with Crippen molar-refractivity contribution in [3.8, 4) is 0 Å². The summed E-state index contributed by atoms with van der Waals surface area (Å²) in [4.78, 5) is 23.3. The molecule has 0 amide bonds. The first-order valence-electron chi connectivity index (χ1n) is 6.74. The summed E-state index contributed by atoms with van der Waals surface area (Å²) in [5.74, 6) is 0. The highest BCUT2D eigenvalue weighted by molar-refractivity contribution is 7.89. The molecule has 1 heterocycles. The summed E-state index contributed by atoms with van der Waals surface area (Å²) < 4.78 is 28.3. The Kier molecular flexibility index (Phi) is 5.87. The molecule has 1 rings (SSSR count). The second-order valence-corrected chi connectivity index (χ2v) is 6.70. The lowest BCUT2D eigenvalue weighted by Crippen LogP contribution is -2.44. The van der Waals surface area contributed by atoms with Crippen molar-refractivity contribution in [2.45, 2.75) is 24.7 Å². The van der Waals surface area contributed by atoms with Crippen molar-refractivity contribution < 1.29 is 8.42 Å². The van der Waals surface area contributed by atoms with Crippen LogP contribution in [-0.2, 0) is 24.1 Å². The number of unbranched alkanes of at least 4 members (excludes halogenated alkanes) is 1. The molecule has 0 radical (unpaired) electrons. The molecular weight excluding hydrogens is 296 g/mol. The Morgan fingerprint density at radius 2 is 1.86 bits per heavy atom. The number of sulfonamides is 1. The van der Waals surface area contributed by atoms with Crippen molar-refractivity contribution in [3.05, 3.63) is 27.0 Å². The average molecular weight is 318 g/mol. The monoisotopic (exact) mass is 318 g/mol. The van der Waals surface area contributed by atoms with Crippen molar-refractivity contribution in [2.24, 2.45) is 19.8 Å². The molecular formula is C12H22N4O4S. The van der Waals surface area contributed by atoms with Gasteiger partial charge in [-0.1, -0.05) is 13.3 Å². The summed E-state index contributed by atoms with van der Waals surface area (Å²) >= 11 is 0. The van der Waals surface area contributed by atoms with Gasteiger partial charge in [0.05, 0.1) is 0 Å². The van der Waals surface area contributed by atoms with Gasteiger partial charge in [-0.25, -0.2) is 13.2 Å². The summed E-state index contributed by atoms with van der Waals surface area (Å²) in [6.07, 6.45) is 2.56. The standard InChI is InChI=1S/C12H22N4O4S/c1-4-5-7-16(8-6-13)21(19,20)10-9-14(2)12(18)15(3)11(10)17/h9H,4-8,13H2,1-3H3. The maximum Gasteiger partial charge on any atom is 0.330 e. The van der Waals surface area contributed by atoms with Crippen LogP contribution in [0.2, 0.25) is 0 Å². The highest BCUT2D eigenvalue weighted by Crippen LogP contribution is 2.11. The van der Waals surface area contributed by atoms with Crippen LogP contribution < -0.4 is 17.0 Å². The Balaban J connectivity index is 3.41. The third kappa shape index (κ3) is 3.60. The second-order valence-electron chi connectivity index (χ2n) is 4.80. The number of aryl methyl sites for hydroxylation is 1. The third-order valence-corrected chi connectivity index (χ3v) is 5.05. The first kappa shape index (κ1) is 17.6. The van der Waals surface area contributed by atoms with Crippen LogP contribution in [0.3, 0.4) is 0 Å². The van der Waals surface area contributed by atoms with Crippen LogP contribution in [0.15, 0.2) is 20.7 Å². The Morgan fingerprint density at radius 3 is 2.38 bits per heavy atom. The molecule has 1 aromatic rings. The third-order valence-electron chi connectivity index (χ3n) is 3.17. The smallest absolute Gasteiger partial charge is 0.329 e. The fourth-order valence-electron chi connectivity index (χ4n) is 1.92. The first-order valence-corrected chi connectivity index (χ1v) is 8.18. The molecule has 0 unspecified atom stereocenters. The SMILES string of the molecule is CCCCN(CCN)S(=O)(=O)c1cn(C)c(=O)n(C)c1=O. The van der Waals surface area contributed by atoms with Gasteiger partial charge in [0.1, 0.15) is 0 Å². The number of hydrogen-bond donors (Lipinski definition) is 1. The van der Waals surface area contributed by atoms with Gasteiger partial charge >= 0.3 is 5.69 Å². The van der Waals surface area contributed by atoms with Crippen LogP contribution in [0.1, 0.15) is 19.8 Å². The molecule has 0 fully saturated rings. The van der Waals surface area contributed by atoms with Crippen LogP contribution in [0.4, 0.5) is 0 Å². The Labute approximate surface area is 123 Å². The fraction of sp³-hybridized carbons (Fsp3) is 0.667. The molecule has 1 aromatic heterocycles. The van der Waals surface area contributed by atoms with Crippen molar-refractivity contribution >= 4 is 10.0 Å². The zero-order valence-electron chi connectivity index (χ0n) is 12.6. The van der Waals surface area contributed by atoms with Crippen LogP contribution in [-0.4, -0.2) is 41.5 Å². The maximum absolute atomic E-state index is 12.6. The summed E-state index contributed by atoms with van der Waals surface area (Å²) in [6, 6.07) is 0. The van der Waals surface area contributed by atoms with Crippen LogP contribution in [0, 0.1) is 0 Å². The van der Waals surface area contributed by atoms with Gasteiger partial charge in [-0.15, -0.1) is 0 Å². The largest absolute Gasteiger partial charge is 0.330 e. The van der Waals surface area contributed by atoms with E-state index in [1.165, 1.54) is 18.4 Å². The van der Waals surface area contributed by atoms with Crippen molar-refractivity contribution in [3.63, 3.8) is 0 Å². The van der Waals surface area contributed by atoms with Crippen LogP contribution in [0.25, 0.3) is 0 Å². The van der Waals surface area contributed by atoms with Crippen LogP contribution >= 0.6 is 0 Å². The van der Waals surface area contributed by atoms with Crippen molar-refractivity contribution in [2.75, 3.05) is 19.6 Å². The number of nitrogens with two attached hydrogens (primary N) is 1. The number of nitrogens with zero attached hydrogens (tertiary/aromatic N) is 3. The molecule has 0 atom stereocenters. The van der Waals surface area contributed by atoms with E-state index in [9.17, 15) is 18.0 Å². The van der Waals surface area contributed by atoms with Crippen molar-refractivity contribution in [1.82, 2.24) is 13.4 Å². The summed E-state index contributed by atoms with van der Waals surface area (Å²) in [6.45, 7) is 2.53. The van der Waals surface area contributed by atoms with Gasteiger partial charge in [0, 0.05) is 39.9 Å². The predicted molar refractivity (Wildman–Crippen MR) is 79.6 cm³/mol. The molecule has 0 saturated carbocycles. The lowest BCUT2D eigenvalue weighted by atomic mass is 10.3. The van der Waals surface area contributed by atoms with Gasteiger partial charge in [-0.3, -0.25) is 9.36 Å². The molecule has 0 bridgehead atoms. The molecule has 0 spiro atoms. The molecule has 0 aliphatic carbocycles. The Morgan fingerprint density at radius 1 is 1.24 bits per heavy atom. The molecule has 0 saturated heterocycles. The highest BCUT2D eigenvalue weighted by atomic mass is 32.2. The van der Waals surface area contributed by atoms with Gasteiger partial charge in [-0.05, 0) is 6.42 Å². The van der Waals surface area contributed by atoms with E-state index in [0.29, 0.717) is 13.0 Å². The van der Waals surface area contributed by atoms with Crippen LogP contribution in [0.5, 0.6) is 0 Å². The van der Waals surface area contributed by atoms with E-state index in [-0.39, 0.29) is 13.1 Å². The summed E-state index contributed by atoms with van der Waals surface area (Å²) in [5, 5.41) is 0. The van der Waals surface area contributed by atoms with E-state index in [1.807, 2.05) is 6.92 Å². The zero-order valence-corrected chi connectivity index (χ0v) is 13.4. The summed E-state index contributed by atoms with van der Waals surface area (Å²) in [5.41, 5.74) is 4.06. The topological polar surface area (TPSA) is 107 Å². The van der Waals surface area contributed by atoms with Gasteiger partial charge in [-0.2, -0.15) is 4.31 Å². The zero-order chi connectivity index (χ0) is 16.2.